The third-order valence-corrected chi connectivity index (χ3v) is 5.08. The summed E-state index contributed by atoms with van der Waals surface area (Å²) in [6, 6.07) is 9.79. The molecular formula is C21H21Cl2N3O4. The van der Waals surface area contributed by atoms with Crippen LogP contribution >= 0.6 is 23.2 Å². The van der Waals surface area contributed by atoms with E-state index in [2.05, 4.69) is 10.6 Å². The van der Waals surface area contributed by atoms with Gasteiger partial charge in [0.25, 0.3) is 5.91 Å². The van der Waals surface area contributed by atoms with Crippen molar-refractivity contribution in [3.05, 3.63) is 69.2 Å². The Balaban J connectivity index is 1.95. The van der Waals surface area contributed by atoms with Gasteiger partial charge in [-0.1, -0.05) is 35.3 Å². The number of hydrogen-bond donors (Lipinski definition) is 3. The number of hydrogen-bond acceptors (Lipinski definition) is 4. The largest absolute Gasteiger partial charge is 0.392 e. The number of likely N-dealkylation sites (N-methyl/N-ethyl adjacent to an activating group) is 1. The lowest BCUT2D eigenvalue weighted by Gasteiger charge is -2.20. The smallest absolute Gasteiger partial charge is 0.251 e. The standard InChI is InChI=1S/C21H21Cl2N3O4/c1-24-21(30)14-6-3-13(4-7-14)5-10-18(28)25-11-19(29)26(2)17-9-8-16(22)15(12-27)20(17)23/h3-10,27H,11-12H2,1-2H3,(H,24,30)(H,25,28)/b10-5+. The number of carbonyl (C=O) groups is 3. The monoisotopic (exact) mass is 449 g/mol. The molecule has 7 nitrogen and oxygen atoms in total. The molecule has 0 aliphatic heterocycles. The molecule has 9 heteroatoms. The summed E-state index contributed by atoms with van der Waals surface area (Å²) in [7, 11) is 3.06. The minimum absolute atomic E-state index is 0.173. The van der Waals surface area contributed by atoms with Crippen LogP contribution in [0.1, 0.15) is 21.5 Å². The summed E-state index contributed by atoms with van der Waals surface area (Å²) in [6.07, 6.45) is 2.86. The maximum atomic E-state index is 12.4. The van der Waals surface area contributed by atoms with Crippen molar-refractivity contribution in [2.24, 2.45) is 0 Å². The SMILES string of the molecule is CNC(=O)c1ccc(/C=C/C(=O)NCC(=O)N(C)c2ccc(Cl)c(CO)c2Cl)cc1. The molecule has 0 radical (unpaired) electrons. The molecule has 158 valence electrons. The Morgan fingerprint density at radius 3 is 2.37 bits per heavy atom. The van der Waals surface area contributed by atoms with Crippen molar-refractivity contribution in [3.8, 4) is 0 Å². The Morgan fingerprint density at radius 2 is 1.77 bits per heavy atom. The molecule has 3 N–H and O–H groups in total. The maximum Gasteiger partial charge on any atom is 0.251 e. The summed E-state index contributed by atoms with van der Waals surface area (Å²) in [6.45, 7) is -0.609. The summed E-state index contributed by atoms with van der Waals surface area (Å²) in [5.74, 6) is -1.05. The van der Waals surface area contributed by atoms with Crippen LogP contribution in [0.5, 0.6) is 0 Å². The number of nitrogens with one attached hydrogen (secondary N) is 2. The first kappa shape index (κ1) is 23.4. The topological polar surface area (TPSA) is 98.7 Å². The molecule has 0 saturated carbocycles. The average molecular weight is 450 g/mol. The van der Waals surface area contributed by atoms with Crippen LogP contribution in [0.25, 0.3) is 6.08 Å². The van der Waals surface area contributed by atoms with Gasteiger partial charge < -0.3 is 20.6 Å². The Hall–Kier alpha value is -2.87. The number of anilines is 1. The van der Waals surface area contributed by atoms with Gasteiger partial charge in [-0.25, -0.2) is 0 Å². The number of amides is 3. The zero-order valence-corrected chi connectivity index (χ0v) is 17.9. The summed E-state index contributed by atoms with van der Waals surface area (Å²) >= 11 is 12.2. The maximum absolute atomic E-state index is 12.4. The highest BCUT2D eigenvalue weighted by molar-refractivity contribution is 6.38. The normalized spacial score (nSPS) is 10.7. The fourth-order valence-corrected chi connectivity index (χ4v) is 3.14. The summed E-state index contributed by atoms with van der Waals surface area (Å²) < 4.78 is 0. The molecule has 0 atom stereocenters. The summed E-state index contributed by atoms with van der Waals surface area (Å²) in [5, 5.41) is 14.9. The lowest BCUT2D eigenvalue weighted by Crippen LogP contribution is -2.37. The molecule has 0 fully saturated rings. The molecule has 0 bridgehead atoms. The van der Waals surface area contributed by atoms with Gasteiger partial charge in [0.15, 0.2) is 0 Å². The van der Waals surface area contributed by atoms with Gasteiger partial charge in [-0.15, -0.1) is 0 Å². The van der Waals surface area contributed by atoms with Gasteiger partial charge in [0.1, 0.15) is 0 Å². The molecule has 0 heterocycles. The predicted octanol–water partition coefficient (Wildman–Crippen LogP) is 2.64. The van der Waals surface area contributed by atoms with Crippen LogP contribution in [0.2, 0.25) is 10.0 Å². The zero-order valence-electron chi connectivity index (χ0n) is 16.4. The average Bonchev–Trinajstić information content (AvgIpc) is 2.75. The van der Waals surface area contributed by atoms with Crippen LogP contribution < -0.4 is 15.5 Å². The van der Waals surface area contributed by atoms with E-state index in [1.54, 1.807) is 43.5 Å². The fourth-order valence-electron chi connectivity index (χ4n) is 2.53. The van der Waals surface area contributed by atoms with Gasteiger partial charge in [-0.3, -0.25) is 14.4 Å². The second kappa shape index (κ2) is 10.8. The summed E-state index contributed by atoms with van der Waals surface area (Å²) in [4.78, 5) is 37.2. The van der Waals surface area contributed by atoms with Crippen LogP contribution in [-0.2, 0) is 16.2 Å². The first-order chi connectivity index (χ1) is 14.3. The van der Waals surface area contributed by atoms with Gasteiger partial charge in [-0.05, 0) is 35.9 Å². The molecule has 0 spiro atoms. The first-order valence-corrected chi connectivity index (χ1v) is 9.66. The van der Waals surface area contributed by atoms with E-state index in [1.165, 1.54) is 24.1 Å². The molecule has 30 heavy (non-hydrogen) atoms. The van der Waals surface area contributed by atoms with Crippen LogP contribution in [0.3, 0.4) is 0 Å². The number of aliphatic hydroxyl groups excluding tert-OH is 1. The van der Waals surface area contributed by atoms with E-state index < -0.39 is 11.8 Å². The van der Waals surface area contributed by atoms with E-state index >= 15 is 0 Å². The highest BCUT2D eigenvalue weighted by atomic mass is 35.5. The van der Waals surface area contributed by atoms with Gasteiger partial charge in [0.2, 0.25) is 11.8 Å². The lowest BCUT2D eigenvalue weighted by molar-refractivity contribution is -0.122. The fraction of sp³-hybridized carbons (Fsp3) is 0.190. The van der Waals surface area contributed by atoms with E-state index in [9.17, 15) is 19.5 Å². The van der Waals surface area contributed by atoms with E-state index in [0.717, 1.165) is 5.56 Å². The number of halogens is 2. The third kappa shape index (κ3) is 5.82. The molecule has 0 aliphatic carbocycles. The van der Waals surface area contributed by atoms with Crippen molar-refractivity contribution >= 4 is 52.7 Å². The minimum atomic E-state index is -0.453. The first-order valence-electron chi connectivity index (χ1n) is 8.90. The second-order valence-corrected chi connectivity index (χ2v) is 7.01. The molecule has 0 saturated heterocycles. The quantitative estimate of drug-likeness (QED) is 0.565. The second-order valence-electron chi connectivity index (χ2n) is 6.22. The lowest BCUT2D eigenvalue weighted by atomic mass is 10.1. The molecule has 0 unspecified atom stereocenters. The molecule has 0 aliphatic rings. The van der Waals surface area contributed by atoms with Crippen molar-refractivity contribution in [1.29, 1.82) is 0 Å². The number of aliphatic hydroxyl groups is 1. The van der Waals surface area contributed by atoms with Crippen molar-refractivity contribution in [1.82, 2.24) is 10.6 Å². The van der Waals surface area contributed by atoms with Crippen LogP contribution in [-0.4, -0.2) is 43.5 Å². The number of benzene rings is 2. The van der Waals surface area contributed by atoms with Crippen molar-refractivity contribution in [3.63, 3.8) is 0 Å². The predicted molar refractivity (Wildman–Crippen MR) is 118 cm³/mol. The van der Waals surface area contributed by atoms with Crippen LogP contribution in [0, 0.1) is 0 Å². The van der Waals surface area contributed by atoms with Crippen LogP contribution in [0.15, 0.2) is 42.5 Å². The molecular weight excluding hydrogens is 429 g/mol. The Morgan fingerprint density at radius 1 is 1.10 bits per heavy atom. The summed E-state index contributed by atoms with van der Waals surface area (Å²) in [5.41, 5.74) is 1.93. The number of rotatable bonds is 7. The Bertz CT molecular complexity index is 975. The van der Waals surface area contributed by atoms with Gasteiger partial charge in [0.05, 0.1) is 23.9 Å². The van der Waals surface area contributed by atoms with E-state index in [-0.39, 0.29) is 24.1 Å². The number of nitrogens with zero attached hydrogens (tertiary/aromatic N) is 1. The van der Waals surface area contributed by atoms with Crippen molar-refractivity contribution < 1.29 is 19.5 Å². The van der Waals surface area contributed by atoms with Gasteiger partial charge >= 0.3 is 0 Å². The van der Waals surface area contributed by atoms with Crippen molar-refractivity contribution in [2.75, 3.05) is 25.5 Å². The highest BCUT2D eigenvalue weighted by Gasteiger charge is 2.18. The highest BCUT2D eigenvalue weighted by Crippen LogP contribution is 2.33. The van der Waals surface area contributed by atoms with Gasteiger partial charge in [-0.2, -0.15) is 0 Å². The van der Waals surface area contributed by atoms with Crippen molar-refractivity contribution in [2.45, 2.75) is 6.61 Å². The third-order valence-electron chi connectivity index (χ3n) is 4.30. The Kier molecular flexibility index (Phi) is 8.41. The molecule has 2 aromatic rings. The van der Waals surface area contributed by atoms with Gasteiger partial charge in [0, 0.05) is 36.3 Å². The molecule has 2 aromatic carbocycles. The molecule has 0 aromatic heterocycles. The molecule has 3 amide bonds. The van der Waals surface area contributed by atoms with E-state index in [0.29, 0.717) is 21.8 Å². The number of carbonyl (C=O) groups excluding carboxylic acids is 3. The zero-order chi connectivity index (χ0) is 22.3. The minimum Gasteiger partial charge on any atom is -0.392 e. The Labute approximate surface area is 184 Å². The van der Waals surface area contributed by atoms with Crippen LogP contribution in [0.4, 0.5) is 5.69 Å². The van der Waals surface area contributed by atoms with E-state index in [1.807, 2.05) is 0 Å². The van der Waals surface area contributed by atoms with E-state index in [4.69, 9.17) is 23.2 Å². The molecule has 2 rings (SSSR count).